The highest BCUT2D eigenvalue weighted by molar-refractivity contribution is 5.89. The smallest absolute Gasteiger partial charge is 0.411 e. The van der Waals surface area contributed by atoms with Gasteiger partial charge in [-0.3, -0.25) is 5.32 Å². The van der Waals surface area contributed by atoms with E-state index < -0.39 is 6.09 Å². The summed E-state index contributed by atoms with van der Waals surface area (Å²) in [5, 5.41) is 2.67. The first-order valence-corrected chi connectivity index (χ1v) is 7.91. The zero-order valence-corrected chi connectivity index (χ0v) is 13.1. The van der Waals surface area contributed by atoms with Crippen molar-refractivity contribution in [2.45, 2.75) is 31.8 Å². The Hall–Kier alpha value is -1.86. The van der Waals surface area contributed by atoms with E-state index in [0.717, 1.165) is 19.3 Å². The highest BCUT2D eigenvalue weighted by Gasteiger charge is 2.40. The molecule has 0 radical (unpaired) electrons. The number of benzene rings is 1. The van der Waals surface area contributed by atoms with Gasteiger partial charge in [0, 0.05) is 19.5 Å². The molecule has 2 heterocycles. The van der Waals surface area contributed by atoms with Gasteiger partial charge in [-0.05, 0) is 38.0 Å². The van der Waals surface area contributed by atoms with Crippen LogP contribution in [-0.2, 0) is 14.5 Å². The second-order valence-electron chi connectivity index (χ2n) is 5.83. The Morgan fingerprint density at radius 1 is 1.39 bits per heavy atom. The molecule has 0 aromatic heterocycles. The van der Waals surface area contributed by atoms with Crippen LogP contribution in [0.5, 0.6) is 0 Å². The monoisotopic (exact) mass is 324 g/mol. The van der Waals surface area contributed by atoms with Gasteiger partial charge in [-0.15, -0.1) is 0 Å². The molecule has 7 heteroatoms. The molecule has 2 aliphatic heterocycles. The molecule has 23 heavy (non-hydrogen) atoms. The number of anilines is 2. The van der Waals surface area contributed by atoms with Crippen LogP contribution in [-0.4, -0.2) is 38.0 Å². The first kappa shape index (κ1) is 16.0. The predicted molar refractivity (Wildman–Crippen MR) is 82.9 cm³/mol. The molecule has 6 nitrogen and oxygen atoms in total. The van der Waals surface area contributed by atoms with Crippen molar-refractivity contribution in [2.75, 3.05) is 36.5 Å². The van der Waals surface area contributed by atoms with Gasteiger partial charge in [0.2, 0.25) is 0 Å². The Balaban J connectivity index is 1.73. The summed E-state index contributed by atoms with van der Waals surface area (Å²) in [4.78, 5) is 24.2. The maximum absolute atomic E-state index is 13.7. The quantitative estimate of drug-likeness (QED) is 0.866. The molecule has 1 aromatic carbocycles. The Kier molecular flexibility index (Phi) is 4.68. The van der Waals surface area contributed by atoms with Crippen molar-refractivity contribution >= 4 is 17.5 Å². The summed E-state index contributed by atoms with van der Waals surface area (Å²) in [6.45, 7) is 4.06. The van der Waals surface area contributed by atoms with E-state index in [0.29, 0.717) is 31.1 Å². The molecule has 0 atom stereocenters. The second-order valence-corrected chi connectivity index (χ2v) is 5.83. The zero-order chi connectivity index (χ0) is 16.3. The molecule has 126 valence electrons. The summed E-state index contributed by atoms with van der Waals surface area (Å²) in [7, 11) is 0. The van der Waals surface area contributed by atoms with Crippen LogP contribution in [0.1, 0.15) is 26.2 Å². The van der Waals surface area contributed by atoms with Gasteiger partial charge in [0.05, 0.1) is 24.6 Å². The number of nitrogens with zero attached hydrogens (tertiary/aromatic N) is 1. The molecular weight excluding hydrogens is 303 g/mol. The van der Waals surface area contributed by atoms with E-state index in [4.69, 9.17) is 14.5 Å². The van der Waals surface area contributed by atoms with Gasteiger partial charge >= 0.3 is 6.09 Å². The SMILES string of the molecule is CCOC(=O)Nc1ccc(F)cc1N1CCC2(CCOO2)CC1. The molecule has 2 fully saturated rings. The third-order valence-electron chi connectivity index (χ3n) is 4.36. The molecular formula is C16H21FN2O4. The maximum atomic E-state index is 13.7. The Morgan fingerprint density at radius 3 is 2.83 bits per heavy atom. The van der Waals surface area contributed by atoms with Gasteiger partial charge in [0.1, 0.15) is 11.4 Å². The van der Waals surface area contributed by atoms with Gasteiger partial charge in [-0.2, -0.15) is 0 Å². The lowest BCUT2D eigenvalue weighted by molar-refractivity contribution is -0.312. The van der Waals surface area contributed by atoms with Crippen molar-refractivity contribution in [3.05, 3.63) is 24.0 Å². The molecule has 1 N–H and O–H groups in total. The molecule has 3 rings (SSSR count). The lowest BCUT2D eigenvalue weighted by Crippen LogP contribution is -2.44. The summed E-state index contributed by atoms with van der Waals surface area (Å²) in [6.07, 6.45) is 1.96. The van der Waals surface area contributed by atoms with Crippen molar-refractivity contribution in [1.82, 2.24) is 0 Å². The number of amides is 1. The molecule has 0 unspecified atom stereocenters. The predicted octanol–water partition coefficient (Wildman–Crippen LogP) is 3.09. The number of halogens is 1. The fourth-order valence-electron chi connectivity index (χ4n) is 3.07. The minimum Gasteiger partial charge on any atom is -0.450 e. The third-order valence-corrected chi connectivity index (χ3v) is 4.36. The Morgan fingerprint density at radius 2 is 2.17 bits per heavy atom. The van der Waals surface area contributed by atoms with Crippen molar-refractivity contribution in [1.29, 1.82) is 0 Å². The lowest BCUT2D eigenvalue weighted by atomic mass is 9.88. The number of carbonyl (C=O) groups excluding carboxylic acids is 1. The summed E-state index contributed by atoms with van der Waals surface area (Å²) in [5.41, 5.74) is 0.995. The summed E-state index contributed by atoms with van der Waals surface area (Å²) >= 11 is 0. The van der Waals surface area contributed by atoms with Gasteiger partial charge in [0.15, 0.2) is 0 Å². The highest BCUT2D eigenvalue weighted by Crippen LogP contribution is 2.37. The van der Waals surface area contributed by atoms with E-state index in [2.05, 4.69) is 10.2 Å². The van der Waals surface area contributed by atoms with Crippen LogP contribution in [0.3, 0.4) is 0 Å². The number of hydrogen-bond donors (Lipinski definition) is 1. The van der Waals surface area contributed by atoms with Crippen LogP contribution >= 0.6 is 0 Å². The Labute approximate surface area is 134 Å². The first-order valence-electron chi connectivity index (χ1n) is 7.91. The molecule has 0 aliphatic carbocycles. The zero-order valence-electron chi connectivity index (χ0n) is 13.1. The summed E-state index contributed by atoms with van der Waals surface area (Å²) < 4.78 is 18.6. The summed E-state index contributed by atoms with van der Waals surface area (Å²) in [6, 6.07) is 4.32. The number of ether oxygens (including phenoxy) is 1. The normalized spacial score (nSPS) is 19.8. The lowest BCUT2D eigenvalue weighted by Gasteiger charge is -2.38. The van der Waals surface area contributed by atoms with E-state index in [-0.39, 0.29) is 18.0 Å². The minimum absolute atomic E-state index is 0.210. The molecule has 1 spiro atoms. The molecule has 0 bridgehead atoms. The number of piperidine rings is 1. The van der Waals surface area contributed by atoms with Crippen LogP contribution in [0.15, 0.2) is 18.2 Å². The van der Waals surface area contributed by atoms with Gasteiger partial charge in [0.25, 0.3) is 0 Å². The van der Waals surface area contributed by atoms with Gasteiger partial charge < -0.3 is 9.64 Å². The number of rotatable bonds is 3. The van der Waals surface area contributed by atoms with Crippen LogP contribution < -0.4 is 10.2 Å². The maximum Gasteiger partial charge on any atom is 0.411 e. The van der Waals surface area contributed by atoms with E-state index in [9.17, 15) is 9.18 Å². The van der Waals surface area contributed by atoms with E-state index in [1.807, 2.05) is 0 Å². The first-order chi connectivity index (χ1) is 11.1. The fraction of sp³-hybridized carbons (Fsp3) is 0.562. The summed E-state index contributed by atoms with van der Waals surface area (Å²) in [5.74, 6) is -0.338. The molecule has 0 saturated carbocycles. The van der Waals surface area contributed by atoms with Crippen LogP contribution in [0.25, 0.3) is 0 Å². The van der Waals surface area contributed by atoms with E-state index in [1.54, 1.807) is 13.0 Å². The highest BCUT2D eigenvalue weighted by atomic mass is 19.1. The minimum atomic E-state index is -0.540. The standard InChI is InChI=1S/C16H21FN2O4/c1-2-21-15(20)18-13-4-3-12(17)11-14(13)19-8-5-16(6-9-19)7-10-22-23-16/h3-4,11H,2,5-10H2,1H3,(H,18,20). The third kappa shape index (κ3) is 3.56. The van der Waals surface area contributed by atoms with E-state index in [1.165, 1.54) is 12.1 Å². The largest absolute Gasteiger partial charge is 0.450 e. The van der Waals surface area contributed by atoms with Crippen molar-refractivity contribution in [2.24, 2.45) is 0 Å². The average Bonchev–Trinajstić information content (AvgIpc) is 2.98. The molecule has 2 aliphatic rings. The topological polar surface area (TPSA) is 60.0 Å². The average molecular weight is 324 g/mol. The second kappa shape index (κ2) is 6.72. The molecule has 1 amide bonds. The van der Waals surface area contributed by atoms with Gasteiger partial charge in [-0.25, -0.2) is 19.0 Å². The van der Waals surface area contributed by atoms with Crippen LogP contribution in [0.4, 0.5) is 20.6 Å². The van der Waals surface area contributed by atoms with Crippen molar-refractivity contribution in [3.8, 4) is 0 Å². The number of hydrogen-bond acceptors (Lipinski definition) is 5. The fourth-order valence-corrected chi connectivity index (χ4v) is 3.07. The number of carbonyl (C=O) groups is 1. The van der Waals surface area contributed by atoms with Crippen molar-refractivity contribution in [3.63, 3.8) is 0 Å². The van der Waals surface area contributed by atoms with E-state index >= 15 is 0 Å². The van der Waals surface area contributed by atoms with Crippen molar-refractivity contribution < 1.29 is 23.7 Å². The van der Waals surface area contributed by atoms with Gasteiger partial charge in [-0.1, -0.05) is 0 Å². The molecule has 1 aromatic rings. The Bertz CT molecular complexity index is 565. The van der Waals surface area contributed by atoms with Crippen LogP contribution in [0.2, 0.25) is 0 Å². The number of nitrogens with one attached hydrogen (secondary N) is 1. The van der Waals surface area contributed by atoms with Crippen LogP contribution in [0, 0.1) is 5.82 Å². The molecule has 2 saturated heterocycles.